The Morgan fingerprint density at radius 2 is 1.88 bits per heavy atom. The van der Waals surface area contributed by atoms with E-state index < -0.39 is 12.4 Å². The zero-order chi connectivity index (χ0) is 12.3. The van der Waals surface area contributed by atoms with Crippen molar-refractivity contribution in [3.63, 3.8) is 0 Å². The molecule has 2 aliphatic rings. The standard InChI is InChI=1S/C13H24O4/c1-15-12(16-2)11(14)10-5-8-17-13(9-10)6-3-4-7-13/h10-12,14H,3-9H2,1-2H3. The molecule has 2 fully saturated rings. The van der Waals surface area contributed by atoms with E-state index in [1.54, 1.807) is 14.2 Å². The van der Waals surface area contributed by atoms with Crippen LogP contribution in [0.4, 0.5) is 0 Å². The average molecular weight is 244 g/mol. The highest BCUT2D eigenvalue weighted by Crippen LogP contribution is 2.43. The Morgan fingerprint density at radius 3 is 2.47 bits per heavy atom. The van der Waals surface area contributed by atoms with Crippen molar-refractivity contribution >= 4 is 0 Å². The Balaban J connectivity index is 1.96. The van der Waals surface area contributed by atoms with Crippen LogP contribution in [-0.4, -0.2) is 43.9 Å². The van der Waals surface area contributed by atoms with Gasteiger partial charge in [-0.15, -0.1) is 0 Å². The second-order valence-electron chi connectivity index (χ2n) is 5.32. The van der Waals surface area contributed by atoms with E-state index in [9.17, 15) is 5.11 Å². The summed E-state index contributed by atoms with van der Waals surface area (Å²) in [6.45, 7) is 0.752. The third-order valence-corrected chi connectivity index (χ3v) is 4.27. The van der Waals surface area contributed by atoms with Crippen LogP contribution in [0.15, 0.2) is 0 Å². The van der Waals surface area contributed by atoms with E-state index in [0.717, 1.165) is 32.3 Å². The first-order valence-corrected chi connectivity index (χ1v) is 6.58. The lowest BCUT2D eigenvalue weighted by Crippen LogP contribution is -2.45. The van der Waals surface area contributed by atoms with Gasteiger partial charge in [0.25, 0.3) is 0 Å². The van der Waals surface area contributed by atoms with Gasteiger partial charge in [-0.1, -0.05) is 12.8 Å². The smallest absolute Gasteiger partial charge is 0.182 e. The molecule has 100 valence electrons. The highest BCUT2D eigenvalue weighted by molar-refractivity contribution is 4.93. The monoisotopic (exact) mass is 244 g/mol. The molecule has 1 heterocycles. The first kappa shape index (κ1) is 13.3. The van der Waals surface area contributed by atoms with E-state index in [2.05, 4.69) is 0 Å². The van der Waals surface area contributed by atoms with Gasteiger partial charge in [-0.2, -0.15) is 0 Å². The predicted molar refractivity (Wildman–Crippen MR) is 63.7 cm³/mol. The Morgan fingerprint density at radius 1 is 1.24 bits per heavy atom. The molecule has 1 aliphatic heterocycles. The lowest BCUT2D eigenvalue weighted by atomic mass is 9.81. The SMILES string of the molecule is COC(OC)C(O)C1CCOC2(CCCC2)C1. The van der Waals surface area contributed by atoms with Gasteiger partial charge in [0.1, 0.15) is 6.10 Å². The number of hydrogen-bond donors (Lipinski definition) is 1. The maximum absolute atomic E-state index is 10.3. The zero-order valence-electron chi connectivity index (χ0n) is 10.9. The number of hydrogen-bond acceptors (Lipinski definition) is 4. The van der Waals surface area contributed by atoms with Gasteiger partial charge in [-0.3, -0.25) is 0 Å². The first-order valence-electron chi connectivity index (χ1n) is 6.58. The Kier molecular flexibility index (Phi) is 4.42. The summed E-state index contributed by atoms with van der Waals surface area (Å²) in [6, 6.07) is 0. The van der Waals surface area contributed by atoms with E-state index in [1.807, 2.05) is 0 Å². The summed E-state index contributed by atoms with van der Waals surface area (Å²) in [6.07, 6.45) is 5.55. The molecule has 2 atom stereocenters. The van der Waals surface area contributed by atoms with Gasteiger partial charge in [-0.05, 0) is 31.6 Å². The molecule has 0 radical (unpaired) electrons. The molecule has 1 N–H and O–H groups in total. The summed E-state index contributed by atoms with van der Waals surface area (Å²) in [5.74, 6) is 0.228. The number of aliphatic hydroxyl groups is 1. The maximum Gasteiger partial charge on any atom is 0.182 e. The van der Waals surface area contributed by atoms with Crippen molar-refractivity contribution in [2.45, 2.75) is 56.5 Å². The maximum atomic E-state index is 10.3. The van der Waals surface area contributed by atoms with Crippen LogP contribution in [0.25, 0.3) is 0 Å². The molecule has 0 amide bonds. The van der Waals surface area contributed by atoms with Crippen molar-refractivity contribution in [1.82, 2.24) is 0 Å². The topological polar surface area (TPSA) is 47.9 Å². The molecule has 1 spiro atoms. The molecule has 1 saturated carbocycles. The van der Waals surface area contributed by atoms with E-state index in [-0.39, 0.29) is 11.5 Å². The second kappa shape index (κ2) is 5.65. The summed E-state index contributed by atoms with van der Waals surface area (Å²) in [4.78, 5) is 0. The minimum Gasteiger partial charge on any atom is -0.388 e. The quantitative estimate of drug-likeness (QED) is 0.765. The minimum absolute atomic E-state index is 0.0376. The van der Waals surface area contributed by atoms with Crippen LogP contribution in [0.1, 0.15) is 38.5 Å². The van der Waals surface area contributed by atoms with Gasteiger partial charge in [0.05, 0.1) is 5.60 Å². The number of ether oxygens (including phenoxy) is 3. The predicted octanol–water partition coefficient (Wildman–Crippen LogP) is 1.71. The number of methoxy groups -OCH3 is 2. The molecule has 1 saturated heterocycles. The van der Waals surface area contributed by atoms with Crippen LogP contribution in [0.2, 0.25) is 0 Å². The van der Waals surface area contributed by atoms with Crippen molar-refractivity contribution < 1.29 is 19.3 Å². The summed E-state index contributed by atoms with van der Waals surface area (Å²) < 4.78 is 16.3. The third kappa shape index (κ3) is 2.81. The minimum atomic E-state index is -0.550. The normalized spacial score (nSPS) is 30.0. The molecule has 4 nitrogen and oxygen atoms in total. The van der Waals surface area contributed by atoms with Gasteiger partial charge >= 0.3 is 0 Å². The van der Waals surface area contributed by atoms with Crippen LogP contribution >= 0.6 is 0 Å². The van der Waals surface area contributed by atoms with Crippen LogP contribution in [0, 0.1) is 5.92 Å². The van der Waals surface area contributed by atoms with Crippen molar-refractivity contribution in [3.05, 3.63) is 0 Å². The largest absolute Gasteiger partial charge is 0.388 e. The molecule has 2 unspecified atom stereocenters. The summed E-state index contributed by atoms with van der Waals surface area (Å²) >= 11 is 0. The second-order valence-corrected chi connectivity index (χ2v) is 5.32. The molecule has 0 aromatic rings. The first-order chi connectivity index (χ1) is 8.21. The number of aliphatic hydroxyl groups excluding tert-OH is 1. The van der Waals surface area contributed by atoms with Crippen molar-refractivity contribution in [3.8, 4) is 0 Å². The Labute approximate surface area is 103 Å². The van der Waals surface area contributed by atoms with Gasteiger partial charge < -0.3 is 19.3 Å². The van der Waals surface area contributed by atoms with Crippen LogP contribution in [0.5, 0.6) is 0 Å². The molecule has 1 aliphatic carbocycles. The van der Waals surface area contributed by atoms with Crippen molar-refractivity contribution in [2.75, 3.05) is 20.8 Å². The summed E-state index contributed by atoms with van der Waals surface area (Å²) in [5, 5.41) is 10.3. The number of rotatable bonds is 4. The van der Waals surface area contributed by atoms with E-state index in [1.165, 1.54) is 12.8 Å². The lowest BCUT2D eigenvalue weighted by Gasteiger charge is -2.41. The highest BCUT2D eigenvalue weighted by Gasteiger charge is 2.43. The van der Waals surface area contributed by atoms with Gasteiger partial charge in [0, 0.05) is 20.8 Å². The lowest BCUT2D eigenvalue weighted by molar-refractivity contribution is -0.199. The molecule has 17 heavy (non-hydrogen) atoms. The molecule has 0 aromatic heterocycles. The average Bonchev–Trinajstić information content (AvgIpc) is 2.78. The van der Waals surface area contributed by atoms with Gasteiger partial charge in [-0.25, -0.2) is 0 Å². The Bertz CT molecular complexity index is 234. The van der Waals surface area contributed by atoms with Crippen LogP contribution in [-0.2, 0) is 14.2 Å². The van der Waals surface area contributed by atoms with Crippen LogP contribution < -0.4 is 0 Å². The molecular formula is C13H24O4. The van der Waals surface area contributed by atoms with Gasteiger partial charge in [0.15, 0.2) is 6.29 Å². The summed E-state index contributed by atoms with van der Waals surface area (Å²) in [7, 11) is 3.14. The van der Waals surface area contributed by atoms with E-state index in [4.69, 9.17) is 14.2 Å². The zero-order valence-corrected chi connectivity index (χ0v) is 10.9. The molecule has 2 rings (SSSR count). The molecular weight excluding hydrogens is 220 g/mol. The Hall–Kier alpha value is -0.160. The fourth-order valence-electron chi connectivity index (χ4n) is 3.32. The molecule has 0 aromatic carbocycles. The molecule has 4 heteroatoms. The van der Waals surface area contributed by atoms with Crippen LogP contribution in [0.3, 0.4) is 0 Å². The fraction of sp³-hybridized carbons (Fsp3) is 1.00. The highest BCUT2D eigenvalue weighted by atomic mass is 16.7. The van der Waals surface area contributed by atoms with Gasteiger partial charge in [0.2, 0.25) is 0 Å². The third-order valence-electron chi connectivity index (χ3n) is 4.27. The van der Waals surface area contributed by atoms with Crippen molar-refractivity contribution in [2.24, 2.45) is 5.92 Å². The summed E-state index contributed by atoms with van der Waals surface area (Å²) in [5.41, 5.74) is 0.0376. The van der Waals surface area contributed by atoms with Crippen molar-refractivity contribution in [1.29, 1.82) is 0 Å². The fourth-order valence-corrected chi connectivity index (χ4v) is 3.32. The van der Waals surface area contributed by atoms with E-state index in [0.29, 0.717) is 0 Å². The molecule has 0 bridgehead atoms. The van der Waals surface area contributed by atoms with E-state index >= 15 is 0 Å².